The molecular weight excluding hydrogens is 180 g/mol. The highest BCUT2D eigenvalue weighted by molar-refractivity contribution is 5.61. The summed E-state index contributed by atoms with van der Waals surface area (Å²) >= 11 is 0. The largest absolute Gasteiger partial charge is 0.508 e. The lowest BCUT2D eigenvalue weighted by Gasteiger charge is -2.01. The Labute approximate surface area is 80.6 Å². The molecule has 1 heterocycles. The average molecular weight is 190 g/mol. The van der Waals surface area contributed by atoms with Crippen LogP contribution in [0.1, 0.15) is 5.56 Å². The zero-order valence-electron chi connectivity index (χ0n) is 7.65. The minimum atomic E-state index is 0.215. The molecule has 0 saturated heterocycles. The first-order valence-electron chi connectivity index (χ1n) is 4.14. The lowest BCUT2D eigenvalue weighted by atomic mass is 10.1. The van der Waals surface area contributed by atoms with Crippen molar-refractivity contribution in [1.29, 1.82) is 0 Å². The molecule has 0 spiro atoms. The third-order valence-corrected chi connectivity index (χ3v) is 1.97. The quantitative estimate of drug-likeness (QED) is 0.627. The Balaban J connectivity index is 2.52. The van der Waals surface area contributed by atoms with Crippen LogP contribution in [0.2, 0.25) is 0 Å². The van der Waals surface area contributed by atoms with Crippen LogP contribution in [-0.2, 0) is 0 Å². The Kier molecular flexibility index (Phi) is 1.85. The van der Waals surface area contributed by atoms with Crippen LogP contribution in [0.5, 0.6) is 5.75 Å². The number of aryl methyl sites for hydroxylation is 1. The molecule has 14 heavy (non-hydrogen) atoms. The van der Waals surface area contributed by atoms with Crippen molar-refractivity contribution in [1.82, 2.24) is 15.2 Å². The predicted octanol–water partition coefficient (Wildman–Crippen LogP) is 1.07. The van der Waals surface area contributed by atoms with E-state index in [4.69, 9.17) is 5.73 Å². The van der Waals surface area contributed by atoms with E-state index in [0.717, 1.165) is 11.1 Å². The van der Waals surface area contributed by atoms with Crippen molar-refractivity contribution < 1.29 is 5.11 Å². The van der Waals surface area contributed by atoms with Crippen molar-refractivity contribution in [3.8, 4) is 17.1 Å². The van der Waals surface area contributed by atoms with Crippen LogP contribution in [-0.4, -0.2) is 20.3 Å². The number of aromatic nitrogens is 3. The number of aromatic hydroxyl groups is 1. The molecule has 5 heteroatoms. The first-order valence-corrected chi connectivity index (χ1v) is 4.14. The number of H-pyrrole nitrogens is 1. The van der Waals surface area contributed by atoms with E-state index in [-0.39, 0.29) is 11.7 Å². The topological polar surface area (TPSA) is 87.8 Å². The van der Waals surface area contributed by atoms with Gasteiger partial charge in [0, 0.05) is 5.56 Å². The van der Waals surface area contributed by atoms with Gasteiger partial charge in [-0.2, -0.15) is 4.98 Å². The fourth-order valence-corrected chi connectivity index (χ4v) is 1.31. The Bertz CT molecular complexity index is 464. The lowest BCUT2D eigenvalue weighted by molar-refractivity contribution is 0.475. The summed E-state index contributed by atoms with van der Waals surface area (Å²) in [5.74, 6) is 1.06. The summed E-state index contributed by atoms with van der Waals surface area (Å²) in [6.45, 7) is 1.88. The van der Waals surface area contributed by atoms with Gasteiger partial charge in [-0.05, 0) is 30.7 Å². The number of nitrogen functional groups attached to an aromatic ring is 1. The summed E-state index contributed by atoms with van der Waals surface area (Å²) in [6.07, 6.45) is 0. The summed E-state index contributed by atoms with van der Waals surface area (Å²) < 4.78 is 0. The fraction of sp³-hybridized carbons (Fsp3) is 0.111. The molecular formula is C9H10N4O. The van der Waals surface area contributed by atoms with Crippen molar-refractivity contribution >= 4 is 5.95 Å². The van der Waals surface area contributed by atoms with Gasteiger partial charge in [-0.3, -0.25) is 5.10 Å². The van der Waals surface area contributed by atoms with Gasteiger partial charge < -0.3 is 10.8 Å². The fourth-order valence-electron chi connectivity index (χ4n) is 1.31. The van der Waals surface area contributed by atoms with Crippen molar-refractivity contribution in [2.24, 2.45) is 0 Å². The van der Waals surface area contributed by atoms with Crippen molar-refractivity contribution in [3.05, 3.63) is 23.8 Å². The first kappa shape index (κ1) is 8.55. The molecule has 72 valence electrons. The maximum absolute atomic E-state index is 9.22. The highest BCUT2D eigenvalue weighted by atomic mass is 16.3. The number of phenolic OH excluding ortho intramolecular Hbond substituents is 1. The standard InChI is InChI=1S/C9H10N4O/c1-5-4-6(14)2-3-7(5)8-11-9(10)13-12-8/h2-4,14H,1H3,(H3,10,11,12,13). The predicted molar refractivity (Wildman–Crippen MR) is 52.6 cm³/mol. The second-order valence-electron chi connectivity index (χ2n) is 3.04. The van der Waals surface area contributed by atoms with E-state index in [1.165, 1.54) is 0 Å². The molecule has 0 radical (unpaired) electrons. The molecule has 0 aliphatic carbocycles. The van der Waals surface area contributed by atoms with Crippen LogP contribution in [0.15, 0.2) is 18.2 Å². The maximum atomic E-state index is 9.22. The van der Waals surface area contributed by atoms with Crippen LogP contribution < -0.4 is 5.73 Å². The molecule has 2 rings (SSSR count). The minimum absolute atomic E-state index is 0.215. The van der Waals surface area contributed by atoms with Gasteiger partial charge in [0.15, 0.2) is 5.82 Å². The second-order valence-corrected chi connectivity index (χ2v) is 3.04. The van der Waals surface area contributed by atoms with Gasteiger partial charge in [0.05, 0.1) is 0 Å². The number of aromatic amines is 1. The Morgan fingerprint density at radius 1 is 1.43 bits per heavy atom. The number of rotatable bonds is 1. The smallest absolute Gasteiger partial charge is 0.239 e. The van der Waals surface area contributed by atoms with E-state index in [1.807, 2.05) is 6.92 Å². The molecule has 2 aromatic rings. The van der Waals surface area contributed by atoms with Gasteiger partial charge >= 0.3 is 0 Å². The zero-order valence-corrected chi connectivity index (χ0v) is 7.65. The molecule has 1 aromatic heterocycles. The highest BCUT2D eigenvalue weighted by Crippen LogP contribution is 2.23. The number of nitrogens with one attached hydrogen (secondary N) is 1. The number of anilines is 1. The molecule has 0 atom stereocenters. The molecule has 1 aromatic carbocycles. The Morgan fingerprint density at radius 2 is 2.21 bits per heavy atom. The number of nitrogens with zero attached hydrogens (tertiary/aromatic N) is 2. The summed E-state index contributed by atoms with van der Waals surface area (Å²) in [7, 11) is 0. The van der Waals surface area contributed by atoms with E-state index in [2.05, 4.69) is 15.2 Å². The monoisotopic (exact) mass is 190 g/mol. The SMILES string of the molecule is Cc1cc(O)ccc1-c1nc(N)n[nH]1. The van der Waals surface area contributed by atoms with Crippen LogP contribution >= 0.6 is 0 Å². The van der Waals surface area contributed by atoms with Crippen LogP contribution in [0.4, 0.5) is 5.95 Å². The minimum Gasteiger partial charge on any atom is -0.508 e. The Hall–Kier alpha value is -2.04. The van der Waals surface area contributed by atoms with Crippen LogP contribution in [0.3, 0.4) is 0 Å². The maximum Gasteiger partial charge on any atom is 0.239 e. The number of hydrogen-bond acceptors (Lipinski definition) is 4. The van der Waals surface area contributed by atoms with Gasteiger partial charge in [0.25, 0.3) is 0 Å². The lowest BCUT2D eigenvalue weighted by Crippen LogP contribution is -1.87. The molecule has 0 amide bonds. The molecule has 0 saturated carbocycles. The average Bonchev–Trinajstić information content (AvgIpc) is 2.51. The van der Waals surface area contributed by atoms with Crippen LogP contribution in [0.25, 0.3) is 11.4 Å². The van der Waals surface area contributed by atoms with E-state index in [1.54, 1.807) is 18.2 Å². The van der Waals surface area contributed by atoms with Gasteiger partial charge in [0.1, 0.15) is 5.75 Å². The molecule has 0 bridgehead atoms. The number of hydrogen-bond donors (Lipinski definition) is 3. The van der Waals surface area contributed by atoms with Gasteiger partial charge in [0.2, 0.25) is 5.95 Å². The normalized spacial score (nSPS) is 10.4. The molecule has 0 aliphatic rings. The first-order chi connectivity index (χ1) is 6.66. The van der Waals surface area contributed by atoms with E-state index < -0.39 is 0 Å². The van der Waals surface area contributed by atoms with Crippen molar-refractivity contribution in [3.63, 3.8) is 0 Å². The number of benzene rings is 1. The summed E-state index contributed by atoms with van der Waals surface area (Å²) in [5.41, 5.74) is 7.19. The van der Waals surface area contributed by atoms with Crippen molar-refractivity contribution in [2.75, 3.05) is 5.73 Å². The molecule has 0 aliphatic heterocycles. The number of phenols is 1. The third kappa shape index (κ3) is 1.39. The zero-order chi connectivity index (χ0) is 10.1. The molecule has 0 fully saturated rings. The summed E-state index contributed by atoms with van der Waals surface area (Å²) in [5, 5.41) is 15.7. The second kappa shape index (κ2) is 3.02. The highest BCUT2D eigenvalue weighted by Gasteiger charge is 2.06. The van der Waals surface area contributed by atoms with E-state index in [9.17, 15) is 5.11 Å². The van der Waals surface area contributed by atoms with E-state index >= 15 is 0 Å². The van der Waals surface area contributed by atoms with E-state index in [0.29, 0.717) is 5.82 Å². The Morgan fingerprint density at radius 3 is 2.79 bits per heavy atom. The summed E-state index contributed by atoms with van der Waals surface area (Å²) in [6, 6.07) is 5.03. The third-order valence-electron chi connectivity index (χ3n) is 1.97. The molecule has 5 nitrogen and oxygen atoms in total. The molecule has 0 unspecified atom stereocenters. The van der Waals surface area contributed by atoms with Crippen LogP contribution in [0, 0.1) is 6.92 Å². The van der Waals surface area contributed by atoms with Crippen molar-refractivity contribution in [2.45, 2.75) is 6.92 Å². The molecule has 4 N–H and O–H groups in total. The van der Waals surface area contributed by atoms with Gasteiger partial charge in [-0.25, -0.2) is 0 Å². The van der Waals surface area contributed by atoms with Gasteiger partial charge in [-0.1, -0.05) is 0 Å². The van der Waals surface area contributed by atoms with Gasteiger partial charge in [-0.15, -0.1) is 5.10 Å². The summed E-state index contributed by atoms with van der Waals surface area (Å²) in [4.78, 5) is 4.00. The number of nitrogens with two attached hydrogens (primary N) is 1.